The van der Waals surface area contributed by atoms with Gasteiger partial charge in [-0.1, -0.05) is 18.2 Å². The summed E-state index contributed by atoms with van der Waals surface area (Å²) in [5.41, 5.74) is 0.748. The van der Waals surface area contributed by atoms with Crippen LogP contribution >= 0.6 is 0 Å². The molecule has 0 saturated heterocycles. The number of benzene rings is 2. The quantitative estimate of drug-likeness (QED) is 0.677. The van der Waals surface area contributed by atoms with Crippen LogP contribution in [-0.4, -0.2) is 22.4 Å². The summed E-state index contributed by atoms with van der Waals surface area (Å²) < 4.78 is 37.8. The Morgan fingerprint density at radius 3 is 2.14 bits per heavy atom. The molecule has 144 valence electrons. The van der Waals surface area contributed by atoms with Gasteiger partial charge in [-0.25, -0.2) is 9.97 Å². The Hall–Kier alpha value is -3.42. The van der Waals surface area contributed by atoms with E-state index in [1.165, 1.54) is 24.5 Å². The molecule has 0 aliphatic carbocycles. The summed E-state index contributed by atoms with van der Waals surface area (Å²) >= 11 is 0. The minimum absolute atomic E-state index is 0.180. The maximum Gasteiger partial charge on any atom is 0.416 e. The lowest BCUT2D eigenvalue weighted by atomic mass is 10.2. The molecule has 8 heteroatoms. The minimum atomic E-state index is -4.39. The van der Waals surface area contributed by atoms with Crippen LogP contribution in [0.15, 0.2) is 67.0 Å². The normalized spacial score (nSPS) is 11.1. The lowest BCUT2D eigenvalue weighted by Gasteiger charge is -2.20. The van der Waals surface area contributed by atoms with Crippen LogP contribution in [0.1, 0.15) is 22.8 Å². The third-order valence-electron chi connectivity index (χ3n) is 4.00. The van der Waals surface area contributed by atoms with E-state index in [0.29, 0.717) is 17.8 Å². The first-order valence-electron chi connectivity index (χ1n) is 8.51. The Bertz CT molecular complexity index is 926. The maximum atomic E-state index is 12.7. The van der Waals surface area contributed by atoms with Crippen LogP contribution < -0.4 is 10.2 Å². The lowest BCUT2D eigenvalue weighted by molar-refractivity contribution is -0.137. The van der Waals surface area contributed by atoms with Crippen LogP contribution in [0.5, 0.6) is 0 Å². The summed E-state index contributed by atoms with van der Waals surface area (Å²) in [6.07, 6.45) is -1.62. The Kier molecular flexibility index (Phi) is 5.58. The second-order valence-corrected chi connectivity index (χ2v) is 5.88. The van der Waals surface area contributed by atoms with Gasteiger partial charge in [-0.15, -0.1) is 0 Å². The molecule has 5 nitrogen and oxygen atoms in total. The van der Waals surface area contributed by atoms with Crippen molar-refractivity contribution in [2.75, 3.05) is 16.8 Å². The number of halogens is 3. The maximum absolute atomic E-state index is 12.7. The van der Waals surface area contributed by atoms with Gasteiger partial charge in [-0.05, 0) is 43.3 Å². The fourth-order valence-electron chi connectivity index (χ4n) is 2.58. The van der Waals surface area contributed by atoms with Crippen molar-refractivity contribution in [1.82, 2.24) is 9.97 Å². The summed E-state index contributed by atoms with van der Waals surface area (Å²) in [4.78, 5) is 22.5. The highest BCUT2D eigenvalue weighted by Gasteiger charge is 2.29. The summed E-state index contributed by atoms with van der Waals surface area (Å²) in [6.45, 7) is 2.35. The van der Waals surface area contributed by atoms with Crippen LogP contribution in [0.2, 0.25) is 0 Å². The van der Waals surface area contributed by atoms with Crippen molar-refractivity contribution >= 4 is 23.2 Å². The Morgan fingerprint density at radius 2 is 1.61 bits per heavy atom. The highest BCUT2D eigenvalue weighted by Crippen LogP contribution is 2.30. The first-order chi connectivity index (χ1) is 13.4. The van der Waals surface area contributed by atoms with Gasteiger partial charge in [0.15, 0.2) is 0 Å². The van der Waals surface area contributed by atoms with Crippen LogP contribution in [0, 0.1) is 0 Å². The van der Waals surface area contributed by atoms with E-state index in [9.17, 15) is 18.0 Å². The SMILES string of the molecule is CCN(C(=O)c1cnc(Nc2ccc(C(F)(F)F)cc2)nc1)c1ccccc1. The van der Waals surface area contributed by atoms with E-state index in [4.69, 9.17) is 0 Å². The number of nitrogens with zero attached hydrogens (tertiary/aromatic N) is 3. The first kappa shape index (κ1) is 19.3. The topological polar surface area (TPSA) is 58.1 Å². The second-order valence-electron chi connectivity index (χ2n) is 5.88. The smallest absolute Gasteiger partial charge is 0.324 e. The van der Waals surface area contributed by atoms with Gasteiger partial charge in [-0.2, -0.15) is 13.2 Å². The number of alkyl halides is 3. The molecule has 0 unspecified atom stereocenters. The van der Waals surface area contributed by atoms with E-state index in [-0.39, 0.29) is 11.9 Å². The van der Waals surface area contributed by atoms with Gasteiger partial charge in [0.25, 0.3) is 5.91 Å². The highest BCUT2D eigenvalue weighted by atomic mass is 19.4. The largest absolute Gasteiger partial charge is 0.416 e. The molecule has 0 atom stereocenters. The molecule has 1 aromatic heterocycles. The van der Waals surface area contributed by atoms with Crippen LogP contribution in [-0.2, 0) is 6.18 Å². The van der Waals surface area contributed by atoms with Crippen LogP contribution in [0.25, 0.3) is 0 Å². The van der Waals surface area contributed by atoms with Gasteiger partial charge in [0.1, 0.15) is 0 Å². The fourth-order valence-corrected chi connectivity index (χ4v) is 2.58. The zero-order chi connectivity index (χ0) is 20.1. The average Bonchev–Trinajstić information content (AvgIpc) is 2.69. The number of hydrogen-bond acceptors (Lipinski definition) is 4. The molecular weight excluding hydrogens is 369 g/mol. The highest BCUT2D eigenvalue weighted by molar-refractivity contribution is 6.05. The van der Waals surface area contributed by atoms with Crippen molar-refractivity contribution in [3.05, 3.63) is 78.1 Å². The molecule has 0 saturated carbocycles. The predicted octanol–water partition coefficient (Wildman–Crippen LogP) is 4.91. The van der Waals surface area contributed by atoms with Crippen molar-refractivity contribution in [2.45, 2.75) is 13.1 Å². The number of para-hydroxylation sites is 1. The molecular formula is C20H17F3N4O. The molecule has 3 rings (SSSR count). The molecule has 0 bridgehead atoms. The number of nitrogens with one attached hydrogen (secondary N) is 1. The Labute approximate surface area is 159 Å². The van der Waals surface area contributed by atoms with Gasteiger partial charge in [-0.3, -0.25) is 4.79 Å². The van der Waals surface area contributed by atoms with Crippen molar-refractivity contribution in [1.29, 1.82) is 0 Å². The first-order valence-corrected chi connectivity index (χ1v) is 8.51. The zero-order valence-electron chi connectivity index (χ0n) is 14.9. The molecule has 1 N–H and O–H groups in total. The van der Waals surface area contributed by atoms with Crippen molar-refractivity contribution in [3.63, 3.8) is 0 Å². The lowest BCUT2D eigenvalue weighted by Crippen LogP contribution is -2.30. The third kappa shape index (κ3) is 4.46. The molecule has 28 heavy (non-hydrogen) atoms. The number of rotatable bonds is 5. The number of aromatic nitrogens is 2. The summed E-state index contributed by atoms with van der Waals surface area (Å²) in [5.74, 6) is -0.0613. The molecule has 0 fully saturated rings. The van der Waals surface area contributed by atoms with E-state index in [2.05, 4.69) is 15.3 Å². The van der Waals surface area contributed by atoms with Gasteiger partial charge in [0, 0.05) is 30.3 Å². The second kappa shape index (κ2) is 8.08. The van der Waals surface area contributed by atoms with E-state index >= 15 is 0 Å². The fraction of sp³-hybridized carbons (Fsp3) is 0.150. The summed E-state index contributed by atoms with van der Waals surface area (Å²) in [5, 5.41) is 2.81. The summed E-state index contributed by atoms with van der Waals surface area (Å²) in [6, 6.07) is 13.8. The minimum Gasteiger partial charge on any atom is -0.324 e. The number of amides is 1. The van der Waals surface area contributed by atoms with E-state index in [0.717, 1.165) is 17.8 Å². The Balaban J connectivity index is 1.71. The molecule has 1 heterocycles. The number of carbonyl (C=O) groups excluding carboxylic acids is 1. The van der Waals surface area contributed by atoms with Crippen LogP contribution in [0.3, 0.4) is 0 Å². The zero-order valence-corrected chi connectivity index (χ0v) is 14.9. The number of carbonyl (C=O) groups is 1. The molecule has 0 aliphatic rings. The van der Waals surface area contributed by atoms with Crippen molar-refractivity contribution in [2.24, 2.45) is 0 Å². The standard InChI is InChI=1S/C20H17F3N4O/c1-2-27(17-6-4-3-5-7-17)18(28)14-12-24-19(25-13-14)26-16-10-8-15(9-11-16)20(21,22)23/h3-13H,2H2,1H3,(H,24,25,26). The van der Waals surface area contributed by atoms with Gasteiger partial charge < -0.3 is 10.2 Å². The molecule has 2 aromatic carbocycles. The van der Waals surface area contributed by atoms with Gasteiger partial charge in [0.05, 0.1) is 11.1 Å². The third-order valence-corrected chi connectivity index (χ3v) is 4.00. The summed E-state index contributed by atoms with van der Waals surface area (Å²) in [7, 11) is 0. The number of hydrogen-bond donors (Lipinski definition) is 1. The van der Waals surface area contributed by atoms with Gasteiger partial charge in [0.2, 0.25) is 5.95 Å². The van der Waals surface area contributed by atoms with E-state index in [1.54, 1.807) is 4.90 Å². The van der Waals surface area contributed by atoms with Crippen LogP contribution in [0.4, 0.5) is 30.5 Å². The average molecular weight is 386 g/mol. The number of anilines is 3. The molecule has 0 spiro atoms. The van der Waals surface area contributed by atoms with Gasteiger partial charge >= 0.3 is 6.18 Å². The molecule has 3 aromatic rings. The monoisotopic (exact) mass is 386 g/mol. The van der Waals surface area contributed by atoms with Crippen molar-refractivity contribution in [3.8, 4) is 0 Å². The Morgan fingerprint density at radius 1 is 1.00 bits per heavy atom. The van der Waals surface area contributed by atoms with Crippen molar-refractivity contribution < 1.29 is 18.0 Å². The molecule has 0 radical (unpaired) electrons. The van der Waals surface area contributed by atoms with E-state index in [1.807, 2.05) is 37.3 Å². The predicted molar refractivity (Wildman–Crippen MR) is 101 cm³/mol. The molecule has 1 amide bonds. The van der Waals surface area contributed by atoms with E-state index < -0.39 is 11.7 Å². The molecule has 0 aliphatic heterocycles.